The first-order valence-corrected chi connectivity index (χ1v) is 11.9. The molecule has 2 fully saturated rings. The second-order valence-electron chi connectivity index (χ2n) is 8.05. The largest absolute Gasteiger partial charge is 0.518 e. The maximum absolute atomic E-state index is 12.9. The lowest BCUT2D eigenvalue weighted by molar-refractivity contribution is -0.131. The molecule has 2 bridgehead atoms. The molecule has 0 N–H and O–H groups in total. The lowest BCUT2D eigenvalue weighted by Gasteiger charge is -2.31. The van der Waals surface area contributed by atoms with E-state index < -0.39 is 21.4 Å². The quantitative estimate of drug-likeness (QED) is 0.619. The average Bonchev–Trinajstić information content (AvgIpc) is 2.77. The number of carbonyl (C=O) groups is 1. The predicted molar refractivity (Wildman–Crippen MR) is 109 cm³/mol. The summed E-state index contributed by atoms with van der Waals surface area (Å²) in [5.41, 5.74) is -4.91. The molecule has 3 aliphatic heterocycles. The van der Waals surface area contributed by atoms with Crippen molar-refractivity contribution >= 4 is 21.6 Å². The molecule has 0 radical (unpaired) electrons. The van der Waals surface area contributed by atoms with Crippen LogP contribution in [0.3, 0.4) is 0 Å². The SMILES string of the molecule is O=C1COc2ccccc2C2CCC(CC2)O/C=C2/C(=N/S(=O)(=O)C(F)(F)F)CCCN12. The Morgan fingerprint density at radius 2 is 1.81 bits per heavy atom. The van der Waals surface area contributed by atoms with Crippen molar-refractivity contribution in [2.75, 3.05) is 13.2 Å². The smallest absolute Gasteiger partial charge is 0.496 e. The zero-order chi connectivity index (χ0) is 22.9. The third kappa shape index (κ3) is 4.62. The van der Waals surface area contributed by atoms with Crippen LogP contribution in [0.25, 0.3) is 0 Å². The fraction of sp³-hybridized carbons (Fsp3) is 0.524. The summed E-state index contributed by atoms with van der Waals surface area (Å²) in [6.07, 6.45) is 4.32. The number of nitrogens with zero attached hydrogens (tertiary/aromatic N) is 2. The van der Waals surface area contributed by atoms with Crippen molar-refractivity contribution in [3.05, 3.63) is 41.8 Å². The summed E-state index contributed by atoms with van der Waals surface area (Å²) in [5.74, 6) is 0.338. The van der Waals surface area contributed by atoms with Crippen molar-refractivity contribution < 1.29 is 35.9 Å². The van der Waals surface area contributed by atoms with E-state index in [1.54, 1.807) is 6.07 Å². The Kier molecular flexibility index (Phi) is 6.19. The molecule has 7 nitrogen and oxygen atoms in total. The number of rotatable bonds is 1. The van der Waals surface area contributed by atoms with E-state index >= 15 is 0 Å². The molecule has 4 aliphatic rings. The number of benzene rings is 1. The van der Waals surface area contributed by atoms with Gasteiger partial charge < -0.3 is 14.4 Å². The van der Waals surface area contributed by atoms with Gasteiger partial charge >= 0.3 is 15.5 Å². The molecule has 1 amide bonds. The van der Waals surface area contributed by atoms with Gasteiger partial charge in [-0.25, -0.2) is 0 Å². The molecule has 11 heteroatoms. The first-order chi connectivity index (χ1) is 15.2. The van der Waals surface area contributed by atoms with Crippen LogP contribution in [0.15, 0.2) is 40.6 Å². The summed E-state index contributed by atoms with van der Waals surface area (Å²) >= 11 is 0. The molecule has 32 heavy (non-hydrogen) atoms. The van der Waals surface area contributed by atoms with E-state index in [9.17, 15) is 26.4 Å². The van der Waals surface area contributed by atoms with Crippen molar-refractivity contribution in [1.29, 1.82) is 0 Å². The Morgan fingerprint density at radius 1 is 1.09 bits per heavy atom. The molecule has 174 valence electrons. The summed E-state index contributed by atoms with van der Waals surface area (Å²) in [5, 5.41) is 0. The van der Waals surface area contributed by atoms with Crippen molar-refractivity contribution in [3.8, 4) is 5.75 Å². The van der Waals surface area contributed by atoms with Gasteiger partial charge in [-0.2, -0.15) is 26.0 Å². The highest BCUT2D eigenvalue weighted by molar-refractivity contribution is 7.91. The standard InChI is InChI=1S/C21H23F3N2O5S/c22-21(23,24)32(28,29)25-17-5-3-11-26-18(17)12-30-15-9-7-14(8-10-15)16-4-1-2-6-19(16)31-13-20(26)27/h1-2,4,6,12,14-15H,3,5,7-11,13H2/b18-12-,25-17+. The third-order valence-corrected chi connectivity index (χ3v) is 7.01. The van der Waals surface area contributed by atoms with E-state index in [2.05, 4.69) is 4.40 Å². The summed E-state index contributed by atoms with van der Waals surface area (Å²) in [6, 6.07) is 7.50. The molecular formula is C21H23F3N2O5S. The molecule has 0 atom stereocenters. The van der Waals surface area contributed by atoms with E-state index in [4.69, 9.17) is 9.47 Å². The number of halogens is 3. The van der Waals surface area contributed by atoms with Crippen LogP contribution in [-0.4, -0.2) is 49.7 Å². The second kappa shape index (κ2) is 8.76. The summed E-state index contributed by atoms with van der Waals surface area (Å²) < 4.78 is 76.7. The van der Waals surface area contributed by atoms with Crippen LogP contribution in [0.2, 0.25) is 0 Å². The number of hydrogen-bond acceptors (Lipinski definition) is 5. The van der Waals surface area contributed by atoms with Gasteiger partial charge in [0.05, 0.1) is 11.8 Å². The topological polar surface area (TPSA) is 85.3 Å². The Hall–Kier alpha value is -2.56. The maximum Gasteiger partial charge on any atom is 0.518 e. The molecule has 3 heterocycles. The molecule has 1 aromatic carbocycles. The second-order valence-corrected chi connectivity index (χ2v) is 9.64. The lowest BCUT2D eigenvalue weighted by atomic mass is 9.82. The first kappa shape index (κ1) is 22.6. The summed E-state index contributed by atoms with van der Waals surface area (Å²) in [7, 11) is -5.75. The van der Waals surface area contributed by atoms with Crippen molar-refractivity contribution in [3.63, 3.8) is 0 Å². The highest BCUT2D eigenvalue weighted by atomic mass is 32.2. The Balaban J connectivity index is 1.71. The number of fused-ring (bicyclic) bond motifs is 5. The Morgan fingerprint density at radius 3 is 2.53 bits per heavy atom. The zero-order valence-electron chi connectivity index (χ0n) is 17.2. The van der Waals surface area contributed by atoms with Crippen LogP contribution in [0.1, 0.15) is 50.0 Å². The molecule has 0 aromatic heterocycles. The van der Waals surface area contributed by atoms with E-state index in [1.165, 1.54) is 11.2 Å². The van der Waals surface area contributed by atoms with E-state index in [-0.39, 0.29) is 49.4 Å². The van der Waals surface area contributed by atoms with Gasteiger partial charge in [-0.3, -0.25) is 4.79 Å². The molecule has 1 saturated heterocycles. The minimum atomic E-state index is -5.75. The normalized spacial score (nSPS) is 27.6. The number of hydrogen-bond donors (Lipinski definition) is 0. The predicted octanol–water partition coefficient (Wildman–Crippen LogP) is 3.88. The molecule has 1 aliphatic carbocycles. The van der Waals surface area contributed by atoms with Gasteiger partial charge in [-0.15, -0.1) is 0 Å². The van der Waals surface area contributed by atoms with Gasteiger partial charge in [0, 0.05) is 6.54 Å². The van der Waals surface area contributed by atoms with Gasteiger partial charge in [0.25, 0.3) is 5.91 Å². The van der Waals surface area contributed by atoms with Crippen LogP contribution in [0.4, 0.5) is 13.2 Å². The third-order valence-electron chi connectivity index (χ3n) is 5.96. The van der Waals surface area contributed by atoms with Crippen molar-refractivity contribution in [1.82, 2.24) is 4.90 Å². The van der Waals surface area contributed by atoms with Crippen LogP contribution in [0.5, 0.6) is 5.75 Å². The highest BCUT2D eigenvalue weighted by Crippen LogP contribution is 2.39. The van der Waals surface area contributed by atoms with Gasteiger partial charge in [0.2, 0.25) is 0 Å². The summed E-state index contributed by atoms with van der Waals surface area (Å²) in [6.45, 7) is -0.152. The zero-order valence-corrected chi connectivity index (χ0v) is 18.0. The Bertz CT molecular complexity index is 1040. The molecule has 5 rings (SSSR count). The van der Waals surface area contributed by atoms with E-state index in [0.29, 0.717) is 18.6 Å². The Labute approximate surface area is 183 Å². The van der Waals surface area contributed by atoms with Gasteiger partial charge in [-0.1, -0.05) is 18.2 Å². The van der Waals surface area contributed by atoms with Crippen LogP contribution < -0.4 is 4.74 Å². The van der Waals surface area contributed by atoms with Crippen molar-refractivity contribution in [2.24, 2.45) is 4.40 Å². The minimum Gasteiger partial charge on any atom is -0.496 e. The molecule has 1 aromatic rings. The van der Waals surface area contributed by atoms with Crippen molar-refractivity contribution in [2.45, 2.75) is 56.1 Å². The molecular weight excluding hydrogens is 449 g/mol. The monoisotopic (exact) mass is 472 g/mol. The molecule has 0 spiro atoms. The molecule has 0 unspecified atom stereocenters. The molecule has 1 saturated carbocycles. The first-order valence-electron chi connectivity index (χ1n) is 10.4. The highest BCUT2D eigenvalue weighted by Gasteiger charge is 2.47. The van der Waals surface area contributed by atoms with Gasteiger partial charge in [0.15, 0.2) is 6.61 Å². The number of alkyl halides is 3. The van der Waals surface area contributed by atoms with Gasteiger partial charge in [-0.05, 0) is 56.1 Å². The minimum absolute atomic E-state index is 0.0231. The number of ether oxygens (including phenoxy) is 2. The number of amides is 1. The maximum atomic E-state index is 12.9. The number of para-hydroxylation sites is 1. The number of carbonyl (C=O) groups excluding carboxylic acids is 1. The van der Waals surface area contributed by atoms with Crippen LogP contribution in [0, 0.1) is 0 Å². The number of piperidine rings is 1. The summed E-state index contributed by atoms with van der Waals surface area (Å²) in [4.78, 5) is 14.1. The fourth-order valence-corrected chi connectivity index (χ4v) is 4.90. The fourth-order valence-electron chi connectivity index (χ4n) is 4.33. The number of sulfonamides is 1. The number of allylic oxidation sites excluding steroid dienone is 1. The van der Waals surface area contributed by atoms with E-state index in [1.807, 2.05) is 18.2 Å². The van der Waals surface area contributed by atoms with Crippen LogP contribution >= 0.6 is 0 Å². The van der Waals surface area contributed by atoms with E-state index in [0.717, 1.165) is 18.4 Å². The lowest BCUT2D eigenvalue weighted by Crippen LogP contribution is -2.41. The van der Waals surface area contributed by atoms with Crippen LogP contribution in [-0.2, 0) is 19.6 Å². The van der Waals surface area contributed by atoms with Gasteiger partial charge in [0.1, 0.15) is 17.7 Å². The average molecular weight is 472 g/mol.